The van der Waals surface area contributed by atoms with Crippen LogP contribution in [0.3, 0.4) is 0 Å². The summed E-state index contributed by atoms with van der Waals surface area (Å²) in [6.45, 7) is 0.551. The standard InChI is InChI=1S/C15H18N4O3S/c1-2-3-5-15(17-18-15)6-4-13(20)19-7-12-8-23(21,22)11-14(12,9-16)10-19/h1,12H,3-8,10-11H2/t12-,14-/m1/s1. The second kappa shape index (κ2) is 5.31. The van der Waals surface area contributed by atoms with E-state index in [1.54, 1.807) is 4.90 Å². The molecule has 0 aliphatic carbocycles. The quantitative estimate of drug-likeness (QED) is 0.692. The molecule has 3 aliphatic rings. The van der Waals surface area contributed by atoms with E-state index >= 15 is 0 Å². The molecular weight excluding hydrogens is 316 g/mol. The molecular formula is C15H18N4O3S. The minimum atomic E-state index is -3.17. The molecule has 7 nitrogen and oxygen atoms in total. The van der Waals surface area contributed by atoms with Gasteiger partial charge in [0.2, 0.25) is 5.91 Å². The number of hydrogen-bond donors (Lipinski definition) is 0. The van der Waals surface area contributed by atoms with Crippen LogP contribution in [0.15, 0.2) is 10.2 Å². The SMILES string of the molecule is C#CCCC1(CCC(=O)N2C[C@@H]3CS(=O)(=O)C[C@@]3(C#N)C2)N=N1. The average molecular weight is 334 g/mol. The van der Waals surface area contributed by atoms with Crippen LogP contribution in [0.5, 0.6) is 0 Å². The summed E-state index contributed by atoms with van der Waals surface area (Å²) >= 11 is 0. The normalized spacial score (nSPS) is 32.1. The van der Waals surface area contributed by atoms with Crippen molar-refractivity contribution in [2.24, 2.45) is 21.6 Å². The molecule has 2 saturated heterocycles. The number of nitrogens with zero attached hydrogens (tertiary/aromatic N) is 4. The number of fused-ring (bicyclic) bond motifs is 1. The van der Waals surface area contributed by atoms with E-state index in [1.165, 1.54) is 0 Å². The van der Waals surface area contributed by atoms with Gasteiger partial charge in [-0.25, -0.2) is 8.42 Å². The summed E-state index contributed by atoms with van der Waals surface area (Å²) in [7, 11) is -3.17. The molecule has 2 fully saturated rings. The van der Waals surface area contributed by atoms with E-state index < -0.39 is 20.9 Å². The van der Waals surface area contributed by atoms with Gasteiger partial charge in [0.05, 0.1) is 23.0 Å². The molecule has 0 aromatic rings. The van der Waals surface area contributed by atoms with E-state index in [-0.39, 0.29) is 29.9 Å². The van der Waals surface area contributed by atoms with E-state index in [0.717, 1.165) is 0 Å². The van der Waals surface area contributed by atoms with Crippen LogP contribution in [0.1, 0.15) is 25.7 Å². The van der Waals surface area contributed by atoms with Crippen molar-refractivity contribution in [3.8, 4) is 18.4 Å². The van der Waals surface area contributed by atoms with E-state index in [0.29, 0.717) is 32.2 Å². The van der Waals surface area contributed by atoms with Crippen molar-refractivity contribution in [3.63, 3.8) is 0 Å². The number of likely N-dealkylation sites (tertiary alicyclic amines) is 1. The van der Waals surface area contributed by atoms with Gasteiger partial charge < -0.3 is 4.90 Å². The van der Waals surface area contributed by atoms with Crippen molar-refractivity contribution in [3.05, 3.63) is 0 Å². The highest BCUT2D eigenvalue weighted by Crippen LogP contribution is 2.44. The van der Waals surface area contributed by atoms with Gasteiger partial charge in [0, 0.05) is 44.7 Å². The second-order valence-electron chi connectivity index (χ2n) is 6.68. The Hall–Kier alpha value is -1.93. The smallest absolute Gasteiger partial charge is 0.222 e. The van der Waals surface area contributed by atoms with Crippen molar-refractivity contribution in [2.75, 3.05) is 24.6 Å². The first-order valence-corrected chi connectivity index (χ1v) is 9.43. The molecule has 0 unspecified atom stereocenters. The predicted octanol–water partition coefficient (Wildman–Crippen LogP) is 0.739. The number of carbonyl (C=O) groups is 1. The number of rotatable bonds is 5. The van der Waals surface area contributed by atoms with Crippen molar-refractivity contribution in [1.29, 1.82) is 5.26 Å². The zero-order valence-corrected chi connectivity index (χ0v) is 13.5. The van der Waals surface area contributed by atoms with Gasteiger partial charge >= 0.3 is 0 Å². The number of nitriles is 1. The number of hydrogen-bond acceptors (Lipinski definition) is 6. The molecule has 2 atom stereocenters. The minimum Gasteiger partial charge on any atom is -0.341 e. The zero-order chi connectivity index (χ0) is 16.7. The van der Waals surface area contributed by atoms with E-state index in [9.17, 15) is 18.5 Å². The lowest BCUT2D eigenvalue weighted by Gasteiger charge is -2.20. The van der Waals surface area contributed by atoms with Gasteiger partial charge in [0.15, 0.2) is 15.5 Å². The summed E-state index contributed by atoms with van der Waals surface area (Å²) in [4.78, 5) is 14.0. The predicted molar refractivity (Wildman–Crippen MR) is 81.7 cm³/mol. The number of terminal acetylenes is 1. The van der Waals surface area contributed by atoms with Gasteiger partial charge in [-0.05, 0) is 0 Å². The molecule has 0 N–H and O–H groups in total. The fourth-order valence-electron chi connectivity index (χ4n) is 3.59. The summed E-state index contributed by atoms with van der Waals surface area (Å²) in [5.41, 5.74) is -1.42. The van der Waals surface area contributed by atoms with Crippen LogP contribution in [-0.4, -0.2) is 49.5 Å². The topological polar surface area (TPSA) is 103 Å². The Bertz CT molecular complexity index is 740. The first-order chi connectivity index (χ1) is 10.8. The fraction of sp³-hybridized carbons (Fsp3) is 0.733. The monoisotopic (exact) mass is 334 g/mol. The molecule has 1 amide bonds. The van der Waals surface area contributed by atoms with Gasteiger partial charge in [-0.15, -0.1) is 12.3 Å². The highest BCUT2D eigenvalue weighted by atomic mass is 32.2. The highest BCUT2D eigenvalue weighted by Gasteiger charge is 2.57. The van der Waals surface area contributed by atoms with E-state index in [1.807, 2.05) is 0 Å². The minimum absolute atomic E-state index is 0.00110. The molecule has 0 saturated carbocycles. The molecule has 3 heterocycles. The Labute approximate surface area is 135 Å². The maximum absolute atomic E-state index is 12.4. The van der Waals surface area contributed by atoms with Crippen molar-refractivity contribution >= 4 is 15.7 Å². The van der Waals surface area contributed by atoms with Crippen molar-refractivity contribution in [1.82, 2.24) is 4.90 Å². The Kier molecular flexibility index (Phi) is 3.68. The number of amides is 1. The largest absolute Gasteiger partial charge is 0.341 e. The van der Waals surface area contributed by atoms with Crippen LogP contribution < -0.4 is 0 Å². The van der Waals surface area contributed by atoms with Gasteiger partial charge in [-0.2, -0.15) is 15.5 Å². The molecule has 0 radical (unpaired) electrons. The number of carbonyl (C=O) groups excluding carboxylic acids is 1. The van der Waals surface area contributed by atoms with Gasteiger partial charge in [-0.1, -0.05) is 0 Å². The molecule has 0 spiro atoms. The van der Waals surface area contributed by atoms with Crippen LogP contribution in [0.25, 0.3) is 0 Å². The van der Waals surface area contributed by atoms with Crippen LogP contribution >= 0.6 is 0 Å². The Balaban J connectivity index is 1.57. The zero-order valence-electron chi connectivity index (χ0n) is 12.7. The lowest BCUT2D eigenvalue weighted by molar-refractivity contribution is -0.130. The average Bonchev–Trinajstić information content (AvgIpc) is 3.12. The molecule has 122 valence electrons. The third-order valence-electron chi connectivity index (χ3n) is 5.00. The molecule has 8 heteroatoms. The summed E-state index contributed by atoms with van der Waals surface area (Å²) < 4.78 is 23.5. The van der Waals surface area contributed by atoms with E-state index in [2.05, 4.69) is 22.2 Å². The molecule has 3 aliphatic heterocycles. The van der Waals surface area contributed by atoms with Gasteiger partial charge in [-0.3, -0.25) is 4.79 Å². The van der Waals surface area contributed by atoms with Gasteiger partial charge in [0.25, 0.3) is 0 Å². The maximum atomic E-state index is 12.4. The van der Waals surface area contributed by atoms with Crippen LogP contribution in [0, 0.1) is 35.0 Å². The first kappa shape index (κ1) is 15.9. The highest BCUT2D eigenvalue weighted by molar-refractivity contribution is 7.91. The lowest BCUT2D eigenvalue weighted by Crippen LogP contribution is -2.34. The molecule has 0 bridgehead atoms. The third kappa shape index (κ3) is 2.96. The van der Waals surface area contributed by atoms with Crippen LogP contribution in [0.2, 0.25) is 0 Å². The maximum Gasteiger partial charge on any atom is 0.222 e. The molecule has 3 rings (SSSR count). The number of sulfone groups is 1. The molecule has 23 heavy (non-hydrogen) atoms. The van der Waals surface area contributed by atoms with Crippen molar-refractivity contribution < 1.29 is 13.2 Å². The van der Waals surface area contributed by atoms with E-state index in [4.69, 9.17) is 6.42 Å². The van der Waals surface area contributed by atoms with Crippen LogP contribution in [-0.2, 0) is 14.6 Å². The molecule has 0 aromatic heterocycles. The lowest BCUT2D eigenvalue weighted by atomic mass is 9.83. The second-order valence-corrected chi connectivity index (χ2v) is 8.79. The van der Waals surface area contributed by atoms with Gasteiger partial charge in [0.1, 0.15) is 0 Å². The summed E-state index contributed by atoms with van der Waals surface area (Å²) in [5, 5.41) is 17.4. The van der Waals surface area contributed by atoms with Crippen LogP contribution in [0.4, 0.5) is 0 Å². The Morgan fingerprint density at radius 1 is 1.39 bits per heavy atom. The molecule has 0 aromatic carbocycles. The Morgan fingerprint density at radius 3 is 2.70 bits per heavy atom. The third-order valence-corrected chi connectivity index (χ3v) is 6.86. The fourth-order valence-corrected chi connectivity index (χ4v) is 5.92. The first-order valence-electron chi connectivity index (χ1n) is 7.61. The summed E-state index contributed by atoms with van der Waals surface area (Å²) in [6, 6.07) is 2.16. The van der Waals surface area contributed by atoms with Crippen molar-refractivity contribution in [2.45, 2.75) is 31.3 Å². The Morgan fingerprint density at radius 2 is 2.13 bits per heavy atom. The summed E-state index contributed by atoms with van der Waals surface area (Å²) in [5.74, 6) is 2.07. The summed E-state index contributed by atoms with van der Waals surface area (Å²) in [6.07, 6.45) is 7.27.